The third-order valence-corrected chi connectivity index (χ3v) is 1.89. The average molecular weight is 158 g/mol. The van der Waals surface area contributed by atoms with Crippen molar-refractivity contribution in [3.05, 3.63) is 11.2 Å². The monoisotopic (exact) mass is 158 g/mol. The molecule has 0 fully saturated rings. The van der Waals surface area contributed by atoms with E-state index in [0.29, 0.717) is 13.2 Å². The highest BCUT2D eigenvalue weighted by Gasteiger charge is 1.99. The molecule has 0 radical (unpaired) electrons. The summed E-state index contributed by atoms with van der Waals surface area (Å²) in [5, 5.41) is 0.880. The molecule has 0 atom stereocenters. The predicted molar refractivity (Wildman–Crippen MR) is 41.4 cm³/mol. The number of aromatic nitrogens is 1. The number of rotatable bonds is 3. The molecule has 1 aromatic heterocycles. The van der Waals surface area contributed by atoms with Crippen molar-refractivity contribution in [3.63, 3.8) is 0 Å². The van der Waals surface area contributed by atoms with Crippen molar-refractivity contribution in [3.8, 4) is 5.06 Å². The Hall–Kier alpha value is -0.610. The Morgan fingerprint density at radius 1 is 1.80 bits per heavy atom. The summed E-state index contributed by atoms with van der Waals surface area (Å²) in [5.74, 6) is 0. The number of thiazole rings is 1. The summed E-state index contributed by atoms with van der Waals surface area (Å²) in [6.45, 7) is 3.04. The van der Waals surface area contributed by atoms with Crippen molar-refractivity contribution in [2.24, 2.45) is 5.73 Å². The Balaban J connectivity index is 2.49. The first-order valence-electron chi connectivity index (χ1n) is 3.07. The van der Waals surface area contributed by atoms with Gasteiger partial charge in [-0.25, -0.2) is 4.98 Å². The van der Waals surface area contributed by atoms with Crippen LogP contribution in [0.5, 0.6) is 5.06 Å². The first-order valence-corrected chi connectivity index (χ1v) is 3.95. The fourth-order valence-corrected chi connectivity index (χ4v) is 1.26. The fourth-order valence-electron chi connectivity index (χ4n) is 0.581. The molecule has 0 amide bonds. The van der Waals surface area contributed by atoms with E-state index in [2.05, 4.69) is 4.98 Å². The minimum atomic E-state index is 0.553. The van der Waals surface area contributed by atoms with Crippen LogP contribution in [0.2, 0.25) is 0 Å². The Bertz CT molecular complexity index is 199. The molecule has 0 aromatic carbocycles. The zero-order chi connectivity index (χ0) is 7.40. The van der Waals surface area contributed by atoms with Gasteiger partial charge in [0.25, 0.3) is 0 Å². The molecule has 3 nitrogen and oxygen atoms in total. The maximum Gasteiger partial charge on any atom is 0.196 e. The molecule has 0 aliphatic carbocycles. The second-order valence-corrected chi connectivity index (χ2v) is 2.68. The molecular formula is C6H10N2OS. The van der Waals surface area contributed by atoms with Crippen LogP contribution in [0.1, 0.15) is 5.69 Å². The van der Waals surface area contributed by atoms with Crippen LogP contribution in [-0.2, 0) is 0 Å². The summed E-state index contributed by atoms with van der Waals surface area (Å²) in [6.07, 6.45) is 0. The molecule has 1 aromatic rings. The van der Waals surface area contributed by atoms with E-state index in [9.17, 15) is 0 Å². The fraction of sp³-hybridized carbons (Fsp3) is 0.500. The molecule has 0 aliphatic heterocycles. The molecule has 0 spiro atoms. The average Bonchev–Trinajstić information content (AvgIpc) is 2.31. The van der Waals surface area contributed by atoms with Gasteiger partial charge in [0.2, 0.25) is 0 Å². The van der Waals surface area contributed by atoms with Crippen LogP contribution in [0.15, 0.2) is 5.51 Å². The summed E-state index contributed by atoms with van der Waals surface area (Å²) in [7, 11) is 0. The van der Waals surface area contributed by atoms with E-state index in [-0.39, 0.29) is 0 Å². The molecule has 0 unspecified atom stereocenters. The molecule has 4 heteroatoms. The van der Waals surface area contributed by atoms with Gasteiger partial charge in [-0.3, -0.25) is 0 Å². The van der Waals surface area contributed by atoms with E-state index < -0.39 is 0 Å². The highest BCUT2D eigenvalue weighted by atomic mass is 32.1. The van der Waals surface area contributed by atoms with Crippen molar-refractivity contribution in [2.75, 3.05) is 13.2 Å². The van der Waals surface area contributed by atoms with Gasteiger partial charge in [-0.15, -0.1) is 0 Å². The van der Waals surface area contributed by atoms with Gasteiger partial charge in [-0.2, -0.15) is 0 Å². The van der Waals surface area contributed by atoms with E-state index in [1.807, 2.05) is 6.92 Å². The van der Waals surface area contributed by atoms with Crippen molar-refractivity contribution < 1.29 is 4.74 Å². The minimum Gasteiger partial charge on any atom is -0.481 e. The van der Waals surface area contributed by atoms with Gasteiger partial charge < -0.3 is 10.5 Å². The minimum absolute atomic E-state index is 0.553. The molecule has 1 heterocycles. The van der Waals surface area contributed by atoms with E-state index >= 15 is 0 Å². The van der Waals surface area contributed by atoms with E-state index in [4.69, 9.17) is 10.5 Å². The normalized spacial score (nSPS) is 9.80. The molecule has 2 N–H and O–H groups in total. The highest BCUT2D eigenvalue weighted by Crippen LogP contribution is 2.21. The Kier molecular flexibility index (Phi) is 2.65. The second-order valence-electron chi connectivity index (χ2n) is 1.86. The molecule has 1 rings (SSSR count). The zero-order valence-electron chi connectivity index (χ0n) is 5.83. The standard InChI is InChI=1S/C6H10N2OS/c1-5-6(9-3-2-7)10-4-8-5/h4H,2-3,7H2,1H3. The molecule has 0 saturated heterocycles. The summed E-state index contributed by atoms with van der Waals surface area (Å²) < 4.78 is 5.26. The van der Waals surface area contributed by atoms with Gasteiger partial charge in [0.1, 0.15) is 6.61 Å². The van der Waals surface area contributed by atoms with Gasteiger partial charge in [0.15, 0.2) is 5.06 Å². The molecule has 0 saturated carbocycles. The smallest absolute Gasteiger partial charge is 0.196 e. The van der Waals surface area contributed by atoms with Crippen LogP contribution in [0, 0.1) is 6.92 Å². The largest absolute Gasteiger partial charge is 0.481 e. The topological polar surface area (TPSA) is 48.1 Å². The number of ether oxygens (including phenoxy) is 1. The maximum atomic E-state index is 5.26. The quantitative estimate of drug-likeness (QED) is 0.707. The molecule has 0 bridgehead atoms. The SMILES string of the molecule is Cc1ncsc1OCCN. The molecular weight excluding hydrogens is 148 g/mol. The lowest BCUT2D eigenvalue weighted by atomic mass is 10.5. The van der Waals surface area contributed by atoms with Crippen LogP contribution >= 0.6 is 11.3 Å². The molecule has 56 valence electrons. The van der Waals surface area contributed by atoms with Crippen molar-refractivity contribution in [2.45, 2.75) is 6.92 Å². The third-order valence-electron chi connectivity index (χ3n) is 1.05. The number of nitrogens with two attached hydrogens (primary N) is 1. The van der Waals surface area contributed by atoms with Crippen LogP contribution in [0.25, 0.3) is 0 Å². The molecule has 10 heavy (non-hydrogen) atoms. The number of hydrogen-bond acceptors (Lipinski definition) is 4. The van der Waals surface area contributed by atoms with Crippen molar-refractivity contribution >= 4 is 11.3 Å². The predicted octanol–water partition coefficient (Wildman–Crippen LogP) is 0.789. The van der Waals surface area contributed by atoms with E-state index in [1.165, 1.54) is 11.3 Å². The summed E-state index contributed by atoms with van der Waals surface area (Å²) >= 11 is 1.50. The van der Waals surface area contributed by atoms with E-state index in [0.717, 1.165) is 10.8 Å². The number of aryl methyl sites for hydroxylation is 1. The summed E-state index contributed by atoms with van der Waals surface area (Å²) in [5.41, 5.74) is 7.96. The third kappa shape index (κ3) is 1.68. The van der Waals surface area contributed by atoms with Crippen LogP contribution in [0.3, 0.4) is 0 Å². The van der Waals surface area contributed by atoms with Gasteiger partial charge in [-0.05, 0) is 6.92 Å². The maximum absolute atomic E-state index is 5.26. The van der Waals surface area contributed by atoms with Crippen LogP contribution < -0.4 is 10.5 Å². The van der Waals surface area contributed by atoms with Gasteiger partial charge in [0, 0.05) is 6.54 Å². The first kappa shape index (κ1) is 7.50. The lowest BCUT2D eigenvalue weighted by Gasteiger charge is -1.99. The van der Waals surface area contributed by atoms with Gasteiger partial charge >= 0.3 is 0 Å². The van der Waals surface area contributed by atoms with Crippen LogP contribution in [0.4, 0.5) is 0 Å². The van der Waals surface area contributed by atoms with Gasteiger partial charge in [0.05, 0.1) is 11.2 Å². The Labute approximate surface area is 63.8 Å². The van der Waals surface area contributed by atoms with Crippen LogP contribution in [-0.4, -0.2) is 18.1 Å². The van der Waals surface area contributed by atoms with Crippen molar-refractivity contribution in [1.82, 2.24) is 4.98 Å². The summed E-state index contributed by atoms with van der Waals surface area (Å²) in [6, 6.07) is 0. The first-order chi connectivity index (χ1) is 4.84. The van der Waals surface area contributed by atoms with E-state index in [1.54, 1.807) is 5.51 Å². The number of nitrogens with zero attached hydrogens (tertiary/aromatic N) is 1. The zero-order valence-corrected chi connectivity index (χ0v) is 6.65. The number of hydrogen-bond donors (Lipinski definition) is 1. The molecule has 0 aliphatic rings. The summed E-state index contributed by atoms with van der Waals surface area (Å²) in [4.78, 5) is 4.02. The van der Waals surface area contributed by atoms with Crippen molar-refractivity contribution in [1.29, 1.82) is 0 Å². The van der Waals surface area contributed by atoms with Gasteiger partial charge in [-0.1, -0.05) is 11.3 Å². The second kappa shape index (κ2) is 3.53. The highest BCUT2D eigenvalue weighted by molar-refractivity contribution is 7.11. The Morgan fingerprint density at radius 2 is 2.60 bits per heavy atom. The Morgan fingerprint density at radius 3 is 3.10 bits per heavy atom. The lowest BCUT2D eigenvalue weighted by Crippen LogP contribution is -2.10. The lowest BCUT2D eigenvalue weighted by molar-refractivity contribution is 0.335.